The predicted octanol–water partition coefficient (Wildman–Crippen LogP) is 0.894. The van der Waals surface area contributed by atoms with Crippen molar-refractivity contribution in [1.82, 2.24) is 5.32 Å². The standard InChI is InChI=1S/C13H13ClN2O4/c14-9-2-1-3-10(5-9)16(7-12(18)19)13(20)8-4-11(17)15-6-8/h1-3,5,8H,4,6-7H2,(H,15,17)(H,18,19). The minimum Gasteiger partial charge on any atom is -0.480 e. The van der Waals surface area contributed by atoms with Crippen LogP contribution < -0.4 is 10.2 Å². The summed E-state index contributed by atoms with van der Waals surface area (Å²) in [6.45, 7) is -0.238. The fourth-order valence-corrected chi connectivity index (χ4v) is 2.26. The highest BCUT2D eigenvalue weighted by Crippen LogP contribution is 2.23. The maximum absolute atomic E-state index is 12.4. The number of rotatable bonds is 4. The number of hydrogen-bond donors (Lipinski definition) is 2. The summed E-state index contributed by atoms with van der Waals surface area (Å²) in [4.78, 5) is 35.6. The van der Waals surface area contributed by atoms with Crippen LogP contribution >= 0.6 is 11.6 Å². The smallest absolute Gasteiger partial charge is 0.323 e. The number of benzene rings is 1. The maximum Gasteiger partial charge on any atom is 0.323 e. The quantitative estimate of drug-likeness (QED) is 0.864. The molecular weight excluding hydrogens is 284 g/mol. The van der Waals surface area contributed by atoms with Crippen LogP contribution in [0.3, 0.4) is 0 Å². The van der Waals surface area contributed by atoms with Gasteiger partial charge in [0, 0.05) is 23.7 Å². The number of nitrogens with zero attached hydrogens (tertiary/aromatic N) is 1. The predicted molar refractivity (Wildman–Crippen MR) is 72.6 cm³/mol. The molecule has 6 nitrogen and oxygen atoms in total. The Bertz CT molecular complexity index is 561. The maximum atomic E-state index is 12.4. The Kier molecular flexibility index (Phi) is 4.24. The van der Waals surface area contributed by atoms with Gasteiger partial charge in [-0.15, -0.1) is 0 Å². The number of aliphatic carboxylic acids is 1. The van der Waals surface area contributed by atoms with Crippen molar-refractivity contribution < 1.29 is 19.5 Å². The van der Waals surface area contributed by atoms with E-state index in [1.54, 1.807) is 18.2 Å². The highest BCUT2D eigenvalue weighted by Gasteiger charge is 2.32. The fraction of sp³-hybridized carbons (Fsp3) is 0.308. The Morgan fingerprint density at radius 3 is 2.75 bits per heavy atom. The molecule has 1 fully saturated rings. The van der Waals surface area contributed by atoms with E-state index < -0.39 is 24.3 Å². The van der Waals surface area contributed by atoms with Crippen LogP contribution in [-0.2, 0) is 14.4 Å². The Balaban J connectivity index is 2.25. The molecule has 1 aromatic carbocycles. The van der Waals surface area contributed by atoms with E-state index in [2.05, 4.69) is 5.32 Å². The molecule has 0 bridgehead atoms. The van der Waals surface area contributed by atoms with Crippen molar-refractivity contribution >= 4 is 35.1 Å². The van der Waals surface area contributed by atoms with E-state index in [0.717, 1.165) is 4.90 Å². The van der Waals surface area contributed by atoms with Gasteiger partial charge in [0.05, 0.1) is 5.92 Å². The average Bonchev–Trinajstić information content (AvgIpc) is 2.81. The highest BCUT2D eigenvalue weighted by atomic mass is 35.5. The lowest BCUT2D eigenvalue weighted by Gasteiger charge is -2.23. The zero-order chi connectivity index (χ0) is 14.7. The molecule has 1 unspecified atom stereocenters. The first-order chi connectivity index (χ1) is 9.47. The summed E-state index contributed by atoms with van der Waals surface area (Å²) < 4.78 is 0. The summed E-state index contributed by atoms with van der Waals surface area (Å²) in [7, 11) is 0. The molecule has 1 aromatic rings. The van der Waals surface area contributed by atoms with Crippen molar-refractivity contribution in [3.8, 4) is 0 Å². The lowest BCUT2D eigenvalue weighted by Crippen LogP contribution is -2.40. The van der Waals surface area contributed by atoms with Crippen LogP contribution in [-0.4, -0.2) is 36.0 Å². The van der Waals surface area contributed by atoms with Crippen molar-refractivity contribution in [2.24, 2.45) is 5.92 Å². The van der Waals surface area contributed by atoms with Gasteiger partial charge in [-0.2, -0.15) is 0 Å². The zero-order valence-corrected chi connectivity index (χ0v) is 11.3. The number of amides is 2. The minimum atomic E-state index is -1.13. The number of hydrogen-bond acceptors (Lipinski definition) is 3. The van der Waals surface area contributed by atoms with Crippen molar-refractivity contribution in [3.05, 3.63) is 29.3 Å². The molecule has 0 radical (unpaired) electrons. The second-order valence-corrected chi connectivity index (χ2v) is 4.94. The molecule has 1 aliphatic rings. The van der Waals surface area contributed by atoms with Gasteiger partial charge in [0.15, 0.2) is 0 Å². The van der Waals surface area contributed by atoms with Crippen molar-refractivity contribution in [2.45, 2.75) is 6.42 Å². The number of carbonyl (C=O) groups is 3. The van der Waals surface area contributed by atoms with Gasteiger partial charge < -0.3 is 15.3 Å². The lowest BCUT2D eigenvalue weighted by molar-refractivity contribution is -0.137. The van der Waals surface area contributed by atoms with Gasteiger partial charge in [0.25, 0.3) is 0 Å². The van der Waals surface area contributed by atoms with Gasteiger partial charge in [-0.3, -0.25) is 14.4 Å². The summed E-state index contributed by atoms with van der Waals surface area (Å²) in [5, 5.41) is 11.9. The SMILES string of the molecule is O=C(O)CN(C(=O)C1CNC(=O)C1)c1cccc(Cl)c1. The largest absolute Gasteiger partial charge is 0.480 e. The monoisotopic (exact) mass is 296 g/mol. The van der Waals surface area contributed by atoms with E-state index in [0.29, 0.717) is 10.7 Å². The first-order valence-corrected chi connectivity index (χ1v) is 6.40. The summed E-state index contributed by atoms with van der Waals surface area (Å²) in [6.07, 6.45) is 0.0789. The normalized spacial score (nSPS) is 17.6. The van der Waals surface area contributed by atoms with E-state index in [4.69, 9.17) is 16.7 Å². The van der Waals surface area contributed by atoms with Crippen LogP contribution in [0.25, 0.3) is 0 Å². The summed E-state index contributed by atoms with van der Waals surface area (Å²) in [5.41, 5.74) is 0.407. The average molecular weight is 297 g/mol. The number of carbonyl (C=O) groups excluding carboxylic acids is 2. The van der Waals surface area contributed by atoms with Gasteiger partial charge in [-0.1, -0.05) is 17.7 Å². The minimum absolute atomic E-state index is 0.0789. The van der Waals surface area contributed by atoms with Crippen LogP contribution in [0.5, 0.6) is 0 Å². The molecule has 1 aliphatic heterocycles. The van der Waals surface area contributed by atoms with E-state index in [1.807, 2.05) is 0 Å². The molecule has 7 heteroatoms. The molecule has 0 spiro atoms. The Hall–Kier alpha value is -2.08. The second-order valence-electron chi connectivity index (χ2n) is 4.50. The molecule has 0 aromatic heterocycles. The van der Waals surface area contributed by atoms with E-state index in [1.165, 1.54) is 6.07 Å². The molecule has 20 heavy (non-hydrogen) atoms. The van der Waals surface area contributed by atoms with E-state index in [-0.39, 0.29) is 18.9 Å². The Labute approximate surface area is 120 Å². The first-order valence-electron chi connectivity index (χ1n) is 6.03. The summed E-state index contributed by atoms with van der Waals surface area (Å²) in [6, 6.07) is 6.40. The van der Waals surface area contributed by atoms with Crippen LogP contribution in [0, 0.1) is 5.92 Å². The number of nitrogens with one attached hydrogen (secondary N) is 1. The van der Waals surface area contributed by atoms with Crippen molar-refractivity contribution in [1.29, 1.82) is 0 Å². The van der Waals surface area contributed by atoms with Crippen molar-refractivity contribution in [2.75, 3.05) is 18.0 Å². The van der Waals surface area contributed by atoms with E-state index in [9.17, 15) is 14.4 Å². The third-order valence-corrected chi connectivity index (χ3v) is 3.24. The second kappa shape index (κ2) is 5.92. The van der Waals surface area contributed by atoms with Gasteiger partial charge in [-0.05, 0) is 18.2 Å². The molecule has 1 heterocycles. The van der Waals surface area contributed by atoms with Crippen LogP contribution in [0.2, 0.25) is 5.02 Å². The molecule has 1 atom stereocenters. The Morgan fingerprint density at radius 1 is 1.45 bits per heavy atom. The molecule has 0 saturated carbocycles. The van der Waals surface area contributed by atoms with Crippen molar-refractivity contribution in [3.63, 3.8) is 0 Å². The molecule has 2 rings (SSSR count). The highest BCUT2D eigenvalue weighted by molar-refractivity contribution is 6.31. The van der Waals surface area contributed by atoms with Crippen LogP contribution in [0.15, 0.2) is 24.3 Å². The number of halogens is 1. The summed E-state index contributed by atoms with van der Waals surface area (Å²) >= 11 is 5.86. The number of carboxylic acid groups (broad SMARTS) is 1. The molecular formula is C13H13ClN2O4. The van der Waals surface area contributed by atoms with E-state index >= 15 is 0 Å². The van der Waals surface area contributed by atoms with Crippen LogP contribution in [0.4, 0.5) is 5.69 Å². The number of anilines is 1. The third-order valence-electron chi connectivity index (χ3n) is 3.01. The lowest BCUT2D eigenvalue weighted by atomic mass is 10.1. The molecule has 106 valence electrons. The molecule has 0 aliphatic carbocycles. The van der Waals surface area contributed by atoms with Gasteiger partial charge >= 0.3 is 5.97 Å². The zero-order valence-electron chi connectivity index (χ0n) is 10.5. The fourth-order valence-electron chi connectivity index (χ4n) is 2.08. The topological polar surface area (TPSA) is 86.7 Å². The molecule has 1 saturated heterocycles. The van der Waals surface area contributed by atoms with Gasteiger partial charge in [0.1, 0.15) is 6.54 Å². The third kappa shape index (κ3) is 3.27. The van der Waals surface area contributed by atoms with Crippen LogP contribution in [0.1, 0.15) is 6.42 Å². The molecule has 2 amide bonds. The molecule has 2 N–H and O–H groups in total. The number of carboxylic acids is 1. The Morgan fingerprint density at radius 2 is 2.20 bits per heavy atom. The van der Waals surface area contributed by atoms with Gasteiger partial charge in [-0.25, -0.2) is 0 Å². The summed E-state index contributed by atoms with van der Waals surface area (Å²) in [5.74, 6) is -2.27. The first kappa shape index (κ1) is 14.3. The van der Waals surface area contributed by atoms with Gasteiger partial charge in [0.2, 0.25) is 11.8 Å².